The largest absolute Gasteiger partial charge is 0.459 e. The van der Waals surface area contributed by atoms with Crippen molar-refractivity contribution in [2.45, 2.75) is 44.2 Å². The summed E-state index contributed by atoms with van der Waals surface area (Å²) in [6, 6.07) is 5.59. The molecule has 0 spiro atoms. The van der Waals surface area contributed by atoms with Crippen LogP contribution in [-0.2, 0) is 25.7 Å². The van der Waals surface area contributed by atoms with Crippen molar-refractivity contribution in [3.8, 4) is 0 Å². The zero-order chi connectivity index (χ0) is 20.8. The number of ether oxygens (including phenoxy) is 1. The Hall–Kier alpha value is -2.81. The van der Waals surface area contributed by atoms with E-state index in [1.807, 2.05) is 6.92 Å². The number of benzene rings is 1. The molecule has 2 aliphatic rings. The first-order valence-electron chi connectivity index (χ1n) is 9.24. The molecular weight excluding hydrogens is 396 g/mol. The van der Waals surface area contributed by atoms with Gasteiger partial charge in [0, 0.05) is 47.9 Å². The van der Waals surface area contributed by atoms with Gasteiger partial charge in [0.1, 0.15) is 18.2 Å². The third-order valence-electron chi connectivity index (χ3n) is 5.24. The molecule has 0 aliphatic carbocycles. The van der Waals surface area contributed by atoms with Gasteiger partial charge >= 0.3 is 11.6 Å². The van der Waals surface area contributed by atoms with Crippen LogP contribution in [-0.4, -0.2) is 39.3 Å². The van der Waals surface area contributed by atoms with Crippen LogP contribution in [0.3, 0.4) is 0 Å². The minimum absolute atomic E-state index is 0.0317. The Kier molecular flexibility index (Phi) is 4.85. The molecule has 2 atom stereocenters. The molecule has 2 amide bonds. The van der Waals surface area contributed by atoms with Gasteiger partial charge in [-0.25, -0.2) is 9.59 Å². The van der Waals surface area contributed by atoms with E-state index >= 15 is 0 Å². The van der Waals surface area contributed by atoms with Gasteiger partial charge in [-0.2, -0.15) is 0 Å². The Morgan fingerprint density at radius 3 is 2.90 bits per heavy atom. The molecule has 2 unspecified atom stereocenters. The molecule has 2 aromatic rings. The fourth-order valence-corrected chi connectivity index (χ4v) is 5.29. The van der Waals surface area contributed by atoms with Crippen LogP contribution >= 0.6 is 11.8 Å². The predicted molar refractivity (Wildman–Crippen MR) is 107 cm³/mol. The number of fused-ring (bicyclic) bond motifs is 2. The normalized spacial score (nSPS) is 23.3. The van der Waals surface area contributed by atoms with Gasteiger partial charge in [-0.3, -0.25) is 9.59 Å². The minimum Gasteiger partial charge on any atom is -0.459 e. The average molecular weight is 416 g/mol. The Bertz CT molecular complexity index is 1080. The molecule has 152 valence electrons. The van der Waals surface area contributed by atoms with Gasteiger partial charge < -0.3 is 19.4 Å². The maximum atomic E-state index is 12.7. The van der Waals surface area contributed by atoms with Crippen LogP contribution in [0.5, 0.6) is 0 Å². The van der Waals surface area contributed by atoms with Crippen LogP contribution in [0.2, 0.25) is 0 Å². The summed E-state index contributed by atoms with van der Waals surface area (Å²) >= 11 is 1.59. The Labute approximate surface area is 170 Å². The van der Waals surface area contributed by atoms with E-state index in [9.17, 15) is 19.2 Å². The highest BCUT2D eigenvalue weighted by Crippen LogP contribution is 2.47. The van der Waals surface area contributed by atoms with Gasteiger partial charge in [0.15, 0.2) is 0 Å². The van der Waals surface area contributed by atoms with Crippen molar-refractivity contribution in [2.24, 2.45) is 0 Å². The number of rotatable bonds is 4. The Morgan fingerprint density at radius 1 is 1.34 bits per heavy atom. The second kappa shape index (κ2) is 7.22. The van der Waals surface area contributed by atoms with E-state index in [1.54, 1.807) is 34.9 Å². The lowest BCUT2D eigenvalue weighted by atomic mass is 10.1. The van der Waals surface area contributed by atoms with Gasteiger partial charge in [0.05, 0.1) is 4.87 Å². The summed E-state index contributed by atoms with van der Waals surface area (Å²) in [6.07, 6.45) is 1.16. The number of nitrogens with zero attached hydrogens (tertiary/aromatic N) is 1. The molecule has 8 nitrogen and oxygen atoms in total. The molecule has 2 saturated heterocycles. The summed E-state index contributed by atoms with van der Waals surface area (Å²) in [5.41, 5.74) is 0.702. The molecule has 0 bridgehead atoms. The molecule has 29 heavy (non-hydrogen) atoms. The van der Waals surface area contributed by atoms with Crippen LogP contribution in [0.15, 0.2) is 33.5 Å². The van der Waals surface area contributed by atoms with Crippen LogP contribution in [0, 0.1) is 0 Å². The van der Waals surface area contributed by atoms with Gasteiger partial charge in [-0.05, 0) is 25.5 Å². The molecule has 0 radical (unpaired) electrons. The first-order chi connectivity index (χ1) is 13.8. The lowest BCUT2D eigenvalue weighted by Crippen LogP contribution is -2.46. The molecule has 2 fully saturated rings. The van der Waals surface area contributed by atoms with Gasteiger partial charge in [-0.1, -0.05) is 0 Å². The van der Waals surface area contributed by atoms with E-state index in [0.29, 0.717) is 28.8 Å². The Morgan fingerprint density at radius 2 is 2.14 bits per heavy atom. The van der Waals surface area contributed by atoms with Crippen molar-refractivity contribution in [2.75, 3.05) is 11.1 Å². The molecule has 3 heterocycles. The van der Waals surface area contributed by atoms with Crippen molar-refractivity contribution in [3.63, 3.8) is 0 Å². The maximum absolute atomic E-state index is 12.7. The summed E-state index contributed by atoms with van der Waals surface area (Å²) in [6.45, 7) is 3.24. The van der Waals surface area contributed by atoms with Crippen molar-refractivity contribution in [3.05, 3.63) is 40.2 Å². The highest BCUT2D eigenvalue weighted by Gasteiger charge is 2.53. The van der Waals surface area contributed by atoms with Gasteiger partial charge in [0.2, 0.25) is 11.8 Å². The standard InChI is InChI=1S/C20H20N2O6S/c1-11(23)21-13-3-4-14-12(7-18(25)28-16(14)8-13)9-27-19(26)15-10-29-20(2)6-5-17(24)22(15)20/h3-4,7-8,15H,5-6,9-10H2,1-2H3,(H,21,23). The third kappa shape index (κ3) is 3.62. The number of amides is 2. The van der Waals surface area contributed by atoms with Crippen LogP contribution in [0.1, 0.15) is 32.3 Å². The number of hydrogen-bond acceptors (Lipinski definition) is 7. The zero-order valence-corrected chi connectivity index (χ0v) is 16.8. The molecule has 1 N–H and O–H groups in total. The lowest BCUT2D eigenvalue weighted by molar-refractivity contribution is -0.154. The summed E-state index contributed by atoms with van der Waals surface area (Å²) < 4.78 is 10.7. The van der Waals surface area contributed by atoms with E-state index < -0.39 is 17.6 Å². The van der Waals surface area contributed by atoms with Crippen LogP contribution in [0.25, 0.3) is 11.0 Å². The smallest absolute Gasteiger partial charge is 0.336 e. The second-order valence-corrected chi connectivity index (χ2v) is 8.86. The summed E-state index contributed by atoms with van der Waals surface area (Å²) in [4.78, 5) is 49.3. The monoisotopic (exact) mass is 416 g/mol. The number of anilines is 1. The first-order valence-corrected chi connectivity index (χ1v) is 10.2. The van der Waals surface area contributed by atoms with E-state index in [1.165, 1.54) is 13.0 Å². The third-order valence-corrected chi connectivity index (χ3v) is 6.74. The fourth-order valence-electron chi connectivity index (χ4n) is 3.87. The van der Waals surface area contributed by atoms with E-state index in [0.717, 1.165) is 6.42 Å². The lowest BCUT2D eigenvalue weighted by Gasteiger charge is -2.29. The first kappa shape index (κ1) is 19.5. The number of hydrogen-bond donors (Lipinski definition) is 1. The van der Waals surface area contributed by atoms with E-state index in [-0.39, 0.29) is 28.9 Å². The van der Waals surface area contributed by atoms with E-state index in [4.69, 9.17) is 9.15 Å². The summed E-state index contributed by atoms with van der Waals surface area (Å²) in [5, 5.41) is 3.23. The number of nitrogens with one attached hydrogen (secondary N) is 1. The van der Waals surface area contributed by atoms with Gasteiger partial charge in [-0.15, -0.1) is 11.8 Å². The highest BCUT2D eigenvalue weighted by atomic mass is 32.2. The Balaban J connectivity index is 1.54. The molecule has 4 rings (SSSR count). The predicted octanol–water partition coefficient (Wildman–Crippen LogP) is 2.25. The fraction of sp³-hybridized carbons (Fsp3) is 0.400. The summed E-state index contributed by atoms with van der Waals surface area (Å²) in [7, 11) is 0. The number of esters is 1. The van der Waals surface area contributed by atoms with Gasteiger partial charge in [0.25, 0.3) is 0 Å². The zero-order valence-electron chi connectivity index (χ0n) is 16.0. The molecule has 1 aromatic carbocycles. The average Bonchev–Trinajstić information content (AvgIpc) is 3.14. The van der Waals surface area contributed by atoms with Crippen molar-refractivity contribution in [1.82, 2.24) is 4.90 Å². The van der Waals surface area contributed by atoms with Crippen LogP contribution in [0.4, 0.5) is 5.69 Å². The quantitative estimate of drug-likeness (QED) is 0.602. The number of carbonyl (C=O) groups is 3. The second-order valence-electron chi connectivity index (χ2n) is 7.36. The summed E-state index contributed by atoms with van der Waals surface area (Å²) in [5.74, 6) is -0.253. The molecule has 1 aromatic heterocycles. The topological polar surface area (TPSA) is 106 Å². The SMILES string of the molecule is CC(=O)Nc1ccc2c(COC(=O)C3CSC4(C)CCC(=O)N34)cc(=O)oc2c1. The number of carbonyl (C=O) groups excluding carboxylic acids is 3. The molecule has 9 heteroatoms. The van der Waals surface area contributed by atoms with Crippen LogP contribution < -0.4 is 10.9 Å². The van der Waals surface area contributed by atoms with Crippen molar-refractivity contribution < 1.29 is 23.5 Å². The highest BCUT2D eigenvalue weighted by molar-refractivity contribution is 8.01. The van der Waals surface area contributed by atoms with Crippen molar-refractivity contribution >= 4 is 46.2 Å². The molecule has 2 aliphatic heterocycles. The van der Waals surface area contributed by atoms with Crippen molar-refractivity contribution in [1.29, 1.82) is 0 Å². The van der Waals surface area contributed by atoms with E-state index in [2.05, 4.69) is 5.32 Å². The molecule has 0 saturated carbocycles. The molecular formula is C20H20N2O6S. The maximum Gasteiger partial charge on any atom is 0.336 e. The number of thioether (sulfide) groups is 1. The minimum atomic E-state index is -0.613.